The van der Waals surface area contributed by atoms with Crippen LogP contribution in [0.15, 0.2) is 35.2 Å². The van der Waals surface area contributed by atoms with Crippen molar-refractivity contribution in [3.63, 3.8) is 0 Å². The van der Waals surface area contributed by atoms with Crippen LogP contribution in [-0.4, -0.2) is 43.4 Å². The van der Waals surface area contributed by atoms with E-state index in [0.717, 1.165) is 19.6 Å². The Bertz CT molecular complexity index is 316. The highest BCUT2D eigenvalue weighted by molar-refractivity contribution is 7.99. The monoisotopic (exact) mass is 280 g/mol. The van der Waals surface area contributed by atoms with Gasteiger partial charge in [0.1, 0.15) is 0 Å². The molecule has 0 saturated heterocycles. The highest BCUT2D eigenvalue weighted by atomic mass is 32.2. The van der Waals surface area contributed by atoms with Crippen molar-refractivity contribution in [2.24, 2.45) is 0 Å². The minimum Gasteiger partial charge on any atom is -0.315 e. The van der Waals surface area contributed by atoms with Gasteiger partial charge in [-0.2, -0.15) is 0 Å². The number of hydrogen-bond acceptors (Lipinski definition) is 3. The number of hydrogen-bond donors (Lipinski definition) is 1. The Morgan fingerprint density at radius 1 is 1.21 bits per heavy atom. The SMILES string of the molecule is CCC(C)N(C)CCNCCCSc1ccccc1. The Kier molecular flexibility index (Phi) is 8.97. The van der Waals surface area contributed by atoms with Crippen molar-refractivity contribution in [1.82, 2.24) is 10.2 Å². The minimum absolute atomic E-state index is 0.690. The van der Waals surface area contributed by atoms with Crippen molar-refractivity contribution >= 4 is 11.8 Å². The molecule has 0 aliphatic rings. The Hall–Kier alpha value is -0.510. The van der Waals surface area contributed by atoms with E-state index in [0.29, 0.717) is 6.04 Å². The minimum atomic E-state index is 0.690. The van der Waals surface area contributed by atoms with Gasteiger partial charge in [-0.3, -0.25) is 0 Å². The Morgan fingerprint density at radius 3 is 2.63 bits per heavy atom. The van der Waals surface area contributed by atoms with Crippen LogP contribution in [0, 0.1) is 0 Å². The van der Waals surface area contributed by atoms with E-state index in [2.05, 4.69) is 61.4 Å². The van der Waals surface area contributed by atoms with Gasteiger partial charge < -0.3 is 10.2 Å². The first kappa shape index (κ1) is 16.5. The molecule has 0 bridgehead atoms. The lowest BCUT2D eigenvalue weighted by Crippen LogP contribution is -2.35. The van der Waals surface area contributed by atoms with E-state index >= 15 is 0 Å². The van der Waals surface area contributed by atoms with Crippen LogP contribution in [0.5, 0.6) is 0 Å². The van der Waals surface area contributed by atoms with Gasteiger partial charge in [-0.1, -0.05) is 25.1 Å². The van der Waals surface area contributed by atoms with Crippen molar-refractivity contribution in [3.05, 3.63) is 30.3 Å². The molecular weight excluding hydrogens is 252 g/mol. The Balaban J connectivity index is 1.94. The largest absolute Gasteiger partial charge is 0.315 e. The third kappa shape index (κ3) is 7.61. The normalized spacial score (nSPS) is 12.8. The van der Waals surface area contributed by atoms with Crippen molar-refractivity contribution in [2.75, 3.05) is 32.4 Å². The number of thioether (sulfide) groups is 1. The molecule has 1 aromatic carbocycles. The van der Waals surface area contributed by atoms with E-state index in [1.54, 1.807) is 0 Å². The predicted molar refractivity (Wildman–Crippen MR) is 87.0 cm³/mol. The summed E-state index contributed by atoms with van der Waals surface area (Å²) in [5.41, 5.74) is 0. The maximum absolute atomic E-state index is 3.53. The van der Waals surface area contributed by atoms with E-state index in [1.807, 2.05) is 11.8 Å². The molecule has 2 nitrogen and oxygen atoms in total. The van der Waals surface area contributed by atoms with E-state index < -0.39 is 0 Å². The molecule has 108 valence electrons. The number of rotatable bonds is 10. The standard InChI is InChI=1S/C16H28N2S/c1-4-15(2)18(3)13-12-17-11-8-14-19-16-9-6-5-7-10-16/h5-7,9-10,15,17H,4,8,11-14H2,1-3H3. The molecule has 1 unspecified atom stereocenters. The second-order valence-corrected chi connectivity index (χ2v) is 6.17. The quantitative estimate of drug-likeness (QED) is 0.522. The number of benzene rings is 1. The van der Waals surface area contributed by atoms with Gasteiger partial charge in [0.2, 0.25) is 0 Å². The summed E-state index contributed by atoms with van der Waals surface area (Å²) in [4.78, 5) is 3.80. The molecule has 0 amide bonds. The summed E-state index contributed by atoms with van der Waals surface area (Å²) in [5.74, 6) is 1.19. The molecule has 0 radical (unpaired) electrons. The first-order chi connectivity index (χ1) is 9.24. The molecule has 0 aromatic heterocycles. The average molecular weight is 280 g/mol. The van der Waals surface area contributed by atoms with Crippen molar-refractivity contribution in [1.29, 1.82) is 0 Å². The van der Waals surface area contributed by atoms with Gasteiger partial charge in [0, 0.05) is 24.0 Å². The summed E-state index contributed by atoms with van der Waals surface area (Å²) in [6.07, 6.45) is 2.46. The highest BCUT2D eigenvalue weighted by Gasteiger charge is 2.04. The fourth-order valence-corrected chi connectivity index (χ4v) is 2.69. The van der Waals surface area contributed by atoms with Crippen LogP contribution in [-0.2, 0) is 0 Å². The second-order valence-electron chi connectivity index (χ2n) is 5.00. The van der Waals surface area contributed by atoms with E-state index in [9.17, 15) is 0 Å². The van der Waals surface area contributed by atoms with Gasteiger partial charge in [-0.15, -0.1) is 11.8 Å². The van der Waals surface area contributed by atoms with Gasteiger partial charge in [0.25, 0.3) is 0 Å². The van der Waals surface area contributed by atoms with Gasteiger partial charge in [-0.25, -0.2) is 0 Å². The van der Waals surface area contributed by atoms with E-state index in [4.69, 9.17) is 0 Å². The first-order valence-electron chi connectivity index (χ1n) is 7.32. The summed E-state index contributed by atoms with van der Waals surface area (Å²) in [5, 5.41) is 3.53. The molecule has 0 aliphatic heterocycles. The van der Waals surface area contributed by atoms with Crippen molar-refractivity contribution in [3.8, 4) is 0 Å². The first-order valence-corrected chi connectivity index (χ1v) is 8.31. The highest BCUT2D eigenvalue weighted by Crippen LogP contribution is 2.17. The maximum Gasteiger partial charge on any atom is 0.0107 e. The van der Waals surface area contributed by atoms with Crippen LogP contribution in [0.2, 0.25) is 0 Å². The molecule has 0 aliphatic carbocycles. The number of nitrogens with zero attached hydrogens (tertiary/aromatic N) is 1. The van der Waals surface area contributed by atoms with Crippen LogP contribution in [0.4, 0.5) is 0 Å². The molecular formula is C16H28N2S. The molecule has 0 fully saturated rings. The lowest BCUT2D eigenvalue weighted by atomic mass is 10.2. The van der Waals surface area contributed by atoms with Crippen LogP contribution in [0.1, 0.15) is 26.7 Å². The topological polar surface area (TPSA) is 15.3 Å². The zero-order valence-corrected chi connectivity index (χ0v) is 13.4. The maximum atomic E-state index is 3.53. The number of nitrogens with one attached hydrogen (secondary N) is 1. The smallest absolute Gasteiger partial charge is 0.0107 e. The molecule has 0 spiro atoms. The van der Waals surface area contributed by atoms with Gasteiger partial charge in [-0.05, 0) is 51.2 Å². The van der Waals surface area contributed by atoms with Gasteiger partial charge in [0.05, 0.1) is 0 Å². The summed E-state index contributed by atoms with van der Waals surface area (Å²) in [6.45, 7) is 7.89. The summed E-state index contributed by atoms with van der Waals surface area (Å²) in [6, 6.07) is 11.3. The Labute approximate surface area is 123 Å². The fourth-order valence-electron chi connectivity index (χ4n) is 1.82. The third-order valence-corrected chi connectivity index (χ3v) is 4.59. The fraction of sp³-hybridized carbons (Fsp3) is 0.625. The lowest BCUT2D eigenvalue weighted by Gasteiger charge is -2.23. The zero-order valence-electron chi connectivity index (χ0n) is 12.6. The van der Waals surface area contributed by atoms with Crippen LogP contribution in [0.3, 0.4) is 0 Å². The summed E-state index contributed by atoms with van der Waals surface area (Å²) >= 11 is 1.94. The molecule has 3 heteroatoms. The zero-order chi connectivity index (χ0) is 13.9. The predicted octanol–water partition coefficient (Wildman–Crippen LogP) is 3.49. The van der Waals surface area contributed by atoms with Crippen LogP contribution in [0.25, 0.3) is 0 Å². The number of likely N-dealkylation sites (N-methyl/N-ethyl adjacent to an activating group) is 1. The van der Waals surface area contributed by atoms with E-state index in [-0.39, 0.29) is 0 Å². The van der Waals surface area contributed by atoms with E-state index in [1.165, 1.54) is 23.5 Å². The molecule has 1 aromatic rings. The average Bonchev–Trinajstić information content (AvgIpc) is 2.46. The molecule has 1 atom stereocenters. The van der Waals surface area contributed by atoms with Gasteiger partial charge in [0.15, 0.2) is 0 Å². The van der Waals surface area contributed by atoms with Crippen LogP contribution < -0.4 is 5.32 Å². The van der Waals surface area contributed by atoms with Crippen molar-refractivity contribution < 1.29 is 0 Å². The van der Waals surface area contributed by atoms with Gasteiger partial charge >= 0.3 is 0 Å². The summed E-state index contributed by atoms with van der Waals surface area (Å²) in [7, 11) is 2.21. The van der Waals surface area contributed by atoms with Crippen molar-refractivity contribution in [2.45, 2.75) is 37.6 Å². The van der Waals surface area contributed by atoms with Crippen LogP contribution >= 0.6 is 11.8 Å². The molecule has 0 heterocycles. The second kappa shape index (κ2) is 10.3. The summed E-state index contributed by atoms with van der Waals surface area (Å²) < 4.78 is 0. The molecule has 1 N–H and O–H groups in total. The Morgan fingerprint density at radius 2 is 1.95 bits per heavy atom. The lowest BCUT2D eigenvalue weighted by molar-refractivity contribution is 0.252. The molecule has 0 saturated carbocycles. The molecule has 1 rings (SSSR count). The third-order valence-electron chi connectivity index (χ3n) is 3.49. The molecule has 19 heavy (non-hydrogen) atoms.